The van der Waals surface area contributed by atoms with E-state index in [0.29, 0.717) is 25.7 Å². The molecule has 2 rings (SSSR count). The second kappa shape index (κ2) is 5.18. The summed E-state index contributed by atoms with van der Waals surface area (Å²) in [5.74, 6) is 0. The summed E-state index contributed by atoms with van der Waals surface area (Å²) in [6.45, 7) is 5.51. The molecular weight excluding hydrogens is 287 g/mol. The lowest BCUT2D eigenvalue weighted by atomic mass is 9.98. The Hall–Kier alpha value is -1.83. The first-order valence-corrected chi connectivity index (χ1v) is 6.47. The second-order valence-electron chi connectivity index (χ2n) is 5.60. The van der Waals surface area contributed by atoms with Crippen molar-refractivity contribution in [3.05, 3.63) is 33.9 Å². The molecule has 8 heteroatoms. The quantitative estimate of drug-likeness (QED) is 0.674. The van der Waals surface area contributed by atoms with Crippen molar-refractivity contribution < 1.29 is 18.1 Å². The molecule has 1 aromatic rings. The molecule has 1 aromatic carbocycles. The zero-order chi connectivity index (χ0) is 15.8. The Morgan fingerprint density at radius 3 is 2.57 bits per heavy atom. The highest BCUT2D eigenvalue weighted by atomic mass is 19.4. The predicted octanol–water partition coefficient (Wildman–Crippen LogP) is 2.80. The maximum absolute atomic E-state index is 12.7. The lowest BCUT2D eigenvalue weighted by Crippen LogP contribution is -2.58. The summed E-state index contributed by atoms with van der Waals surface area (Å²) in [4.78, 5) is 12.2. The molecular formula is C13H16F3N3O2. The third kappa shape index (κ3) is 3.10. The molecule has 21 heavy (non-hydrogen) atoms. The van der Waals surface area contributed by atoms with E-state index in [1.807, 2.05) is 13.8 Å². The molecule has 0 aliphatic carbocycles. The number of hydrogen-bond acceptors (Lipinski definition) is 4. The van der Waals surface area contributed by atoms with Gasteiger partial charge in [0, 0.05) is 31.2 Å². The van der Waals surface area contributed by atoms with Crippen LogP contribution in [-0.2, 0) is 6.18 Å². The summed E-state index contributed by atoms with van der Waals surface area (Å²) in [7, 11) is 0. The van der Waals surface area contributed by atoms with Crippen LogP contribution in [0.3, 0.4) is 0 Å². The Labute approximate surface area is 119 Å². The number of anilines is 1. The molecule has 0 aromatic heterocycles. The number of hydrogen-bond donors (Lipinski definition) is 1. The van der Waals surface area contributed by atoms with Crippen molar-refractivity contribution >= 4 is 11.4 Å². The summed E-state index contributed by atoms with van der Waals surface area (Å²) in [5.41, 5.74) is -1.71. The van der Waals surface area contributed by atoms with E-state index in [1.54, 1.807) is 4.90 Å². The largest absolute Gasteiger partial charge is 0.416 e. The van der Waals surface area contributed by atoms with Gasteiger partial charge < -0.3 is 10.2 Å². The van der Waals surface area contributed by atoms with Crippen LogP contribution in [0.5, 0.6) is 0 Å². The molecule has 1 aliphatic heterocycles. The number of nitro groups is 1. The van der Waals surface area contributed by atoms with E-state index >= 15 is 0 Å². The maximum Gasteiger partial charge on any atom is 0.416 e. The van der Waals surface area contributed by atoms with E-state index in [1.165, 1.54) is 6.07 Å². The third-order valence-electron chi connectivity index (χ3n) is 3.59. The van der Waals surface area contributed by atoms with Gasteiger partial charge in [-0.25, -0.2) is 0 Å². The van der Waals surface area contributed by atoms with Gasteiger partial charge in [0.2, 0.25) is 0 Å². The Kier molecular flexibility index (Phi) is 3.83. The number of rotatable bonds is 2. The summed E-state index contributed by atoms with van der Waals surface area (Å²) in [6, 6.07) is 2.68. The van der Waals surface area contributed by atoms with E-state index in [-0.39, 0.29) is 5.69 Å². The number of nitro benzene ring substituents is 1. The van der Waals surface area contributed by atoms with Gasteiger partial charge in [0.25, 0.3) is 5.69 Å². The van der Waals surface area contributed by atoms with Crippen molar-refractivity contribution in [3.8, 4) is 0 Å². The van der Waals surface area contributed by atoms with E-state index < -0.39 is 27.9 Å². The molecule has 0 unspecified atom stereocenters. The highest BCUT2D eigenvalue weighted by Gasteiger charge is 2.37. The molecule has 0 spiro atoms. The topological polar surface area (TPSA) is 58.4 Å². The lowest BCUT2D eigenvalue weighted by molar-refractivity contribution is -0.384. The van der Waals surface area contributed by atoms with Gasteiger partial charge >= 0.3 is 6.18 Å². The number of nitrogens with one attached hydrogen (secondary N) is 1. The Morgan fingerprint density at radius 2 is 2.05 bits per heavy atom. The molecule has 116 valence electrons. The van der Waals surface area contributed by atoms with Crippen molar-refractivity contribution in [3.63, 3.8) is 0 Å². The number of halogens is 3. The zero-order valence-corrected chi connectivity index (χ0v) is 11.7. The second-order valence-corrected chi connectivity index (χ2v) is 5.60. The first kappa shape index (κ1) is 15.6. The summed E-state index contributed by atoms with van der Waals surface area (Å²) >= 11 is 0. The molecule has 0 radical (unpaired) electrons. The first-order chi connectivity index (χ1) is 9.63. The van der Waals surface area contributed by atoms with Gasteiger partial charge in [0.05, 0.1) is 10.5 Å². The molecule has 1 fully saturated rings. The average molecular weight is 303 g/mol. The van der Waals surface area contributed by atoms with Crippen LogP contribution in [0.1, 0.15) is 19.4 Å². The number of benzene rings is 1. The van der Waals surface area contributed by atoms with Gasteiger partial charge in [-0.15, -0.1) is 0 Å². The highest BCUT2D eigenvalue weighted by molar-refractivity contribution is 5.66. The van der Waals surface area contributed by atoms with Crippen LogP contribution in [0.2, 0.25) is 0 Å². The Balaban J connectivity index is 2.51. The van der Waals surface area contributed by atoms with Crippen molar-refractivity contribution in [2.24, 2.45) is 0 Å². The van der Waals surface area contributed by atoms with Gasteiger partial charge in [-0.05, 0) is 26.0 Å². The van der Waals surface area contributed by atoms with Crippen LogP contribution in [0, 0.1) is 10.1 Å². The third-order valence-corrected chi connectivity index (χ3v) is 3.59. The summed E-state index contributed by atoms with van der Waals surface area (Å²) in [5, 5.41) is 14.3. The van der Waals surface area contributed by atoms with Gasteiger partial charge in [0.1, 0.15) is 5.69 Å². The number of piperazine rings is 1. The highest BCUT2D eigenvalue weighted by Crippen LogP contribution is 2.38. The van der Waals surface area contributed by atoms with E-state index in [9.17, 15) is 23.3 Å². The Bertz CT molecular complexity index is 558. The molecule has 1 aliphatic rings. The first-order valence-electron chi connectivity index (χ1n) is 6.47. The van der Waals surface area contributed by atoms with E-state index in [0.717, 1.165) is 6.07 Å². The van der Waals surface area contributed by atoms with Gasteiger partial charge in [-0.2, -0.15) is 13.2 Å². The molecule has 0 amide bonds. The molecule has 0 atom stereocenters. The lowest BCUT2D eigenvalue weighted by Gasteiger charge is -2.44. The van der Waals surface area contributed by atoms with Crippen molar-refractivity contribution in [2.45, 2.75) is 25.6 Å². The van der Waals surface area contributed by atoms with Crippen LogP contribution in [0.25, 0.3) is 0 Å². The summed E-state index contributed by atoms with van der Waals surface area (Å²) < 4.78 is 38.1. The average Bonchev–Trinajstić information content (AvgIpc) is 2.36. The fraction of sp³-hybridized carbons (Fsp3) is 0.538. The zero-order valence-electron chi connectivity index (χ0n) is 11.7. The Morgan fingerprint density at radius 1 is 1.38 bits per heavy atom. The number of alkyl halides is 3. The molecule has 1 heterocycles. The van der Waals surface area contributed by atoms with Crippen LogP contribution in [0.4, 0.5) is 24.5 Å². The monoisotopic (exact) mass is 303 g/mol. The van der Waals surface area contributed by atoms with Crippen molar-refractivity contribution in [2.75, 3.05) is 24.5 Å². The normalized spacial score (nSPS) is 18.6. The molecule has 1 N–H and O–H groups in total. The summed E-state index contributed by atoms with van der Waals surface area (Å²) in [6.07, 6.45) is -4.59. The van der Waals surface area contributed by atoms with E-state index in [2.05, 4.69) is 5.32 Å². The molecule has 0 saturated carbocycles. The predicted molar refractivity (Wildman–Crippen MR) is 72.4 cm³/mol. The fourth-order valence-electron chi connectivity index (χ4n) is 2.50. The van der Waals surface area contributed by atoms with Crippen LogP contribution >= 0.6 is 0 Å². The van der Waals surface area contributed by atoms with Crippen molar-refractivity contribution in [1.29, 1.82) is 0 Å². The van der Waals surface area contributed by atoms with Gasteiger partial charge in [0.15, 0.2) is 0 Å². The number of nitrogens with zero attached hydrogens (tertiary/aromatic N) is 2. The van der Waals surface area contributed by atoms with Crippen molar-refractivity contribution in [1.82, 2.24) is 5.32 Å². The minimum atomic E-state index is -4.59. The maximum atomic E-state index is 12.7. The standard InChI is InChI=1S/C13H16F3N3O2/c1-12(2)8-17-5-6-18(12)10-4-3-9(13(14,15)16)7-11(10)19(20)21/h3-4,7,17H,5-6,8H2,1-2H3. The SMILES string of the molecule is CC1(C)CNCCN1c1ccc(C(F)(F)F)cc1[N+](=O)[O-]. The van der Waals surface area contributed by atoms with E-state index in [4.69, 9.17) is 0 Å². The van der Waals surface area contributed by atoms with Gasteiger partial charge in [-0.1, -0.05) is 0 Å². The van der Waals surface area contributed by atoms with Crippen LogP contribution in [0.15, 0.2) is 18.2 Å². The molecule has 0 bridgehead atoms. The minimum Gasteiger partial charge on any atom is -0.358 e. The fourth-order valence-corrected chi connectivity index (χ4v) is 2.50. The van der Waals surface area contributed by atoms with Gasteiger partial charge in [-0.3, -0.25) is 10.1 Å². The van der Waals surface area contributed by atoms with Crippen LogP contribution < -0.4 is 10.2 Å². The molecule has 5 nitrogen and oxygen atoms in total. The smallest absolute Gasteiger partial charge is 0.358 e. The molecule has 1 saturated heterocycles. The minimum absolute atomic E-state index is 0.222. The van der Waals surface area contributed by atoms with Crippen LogP contribution in [-0.4, -0.2) is 30.1 Å².